The molecule has 0 atom stereocenters. The zero-order valence-electron chi connectivity index (χ0n) is 10.2. The van der Waals surface area contributed by atoms with Crippen LogP contribution in [0.5, 0.6) is 0 Å². The molecule has 0 heterocycles. The lowest BCUT2D eigenvalue weighted by Gasteiger charge is -2.09. The number of allylic oxidation sites excluding steroid dienone is 1. The molecule has 0 saturated carbocycles. The van der Waals surface area contributed by atoms with E-state index < -0.39 is 0 Å². The van der Waals surface area contributed by atoms with E-state index in [0.29, 0.717) is 0 Å². The number of nitrogens with two attached hydrogens (primary N) is 1. The highest BCUT2D eigenvalue weighted by Crippen LogP contribution is 2.25. The SMILES string of the molecule is C=CCCCCc1c(N)ccc2ccccc12. The van der Waals surface area contributed by atoms with Crippen LogP contribution in [-0.4, -0.2) is 0 Å². The van der Waals surface area contributed by atoms with Crippen LogP contribution >= 0.6 is 0 Å². The minimum absolute atomic E-state index is 0.919. The van der Waals surface area contributed by atoms with Gasteiger partial charge >= 0.3 is 0 Å². The van der Waals surface area contributed by atoms with Crippen molar-refractivity contribution in [1.29, 1.82) is 0 Å². The van der Waals surface area contributed by atoms with E-state index in [1.165, 1.54) is 29.2 Å². The van der Waals surface area contributed by atoms with Crippen LogP contribution < -0.4 is 5.73 Å². The first kappa shape index (κ1) is 11.7. The number of rotatable bonds is 5. The van der Waals surface area contributed by atoms with Crippen LogP contribution in [0, 0.1) is 0 Å². The molecule has 0 aliphatic rings. The van der Waals surface area contributed by atoms with Crippen LogP contribution in [-0.2, 0) is 6.42 Å². The smallest absolute Gasteiger partial charge is 0.0353 e. The Balaban J connectivity index is 2.25. The van der Waals surface area contributed by atoms with Crippen LogP contribution in [0.25, 0.3) is 10.8 Å². The predicted octanol–water partition coefficient (Wildman–Crippen LogP) is 4.32. The largest absolute Gasteiger partial charge is 0.398 e. The van der Waals surface area contributed by atoms with Crippen LogP contribution in [0.1, 0.15) is 24.8 Å². The molecule has 0 bridgehead atoms. The molecule has 0 aliphatic heterocycles. The standard InChI is InChI=1S/C16H19N/c1-2-3-4-5-10-15-14-9-7-6-8-13(14)11-12-16(15)17/h2,6-9,11-12H,1,3-5,10,17H2. The molecule has 0 unspecified atom stereocenters. The molecular formula is C16H19N. The monoisotopic (exact) mass is 225 g/mol. The molecule has 1 nitrogen and oxygen atoms in total. The average Bonchev–Trinajstić information content (AvgIpc) is 2.37. The van der Waals surface area contributed by atoms with Crippen molar-refractivity contribution in [2.45, 2.75) is 25.7 Å². The molecule has 2 aromatic carbocycles. The number of aryl methyl sites for hydroxylation is 1. The van der Waals surface area contributed by atoms with Gasteiger partial charge in [0.05, 0.1) is 0 Å². The molecule has 2 aromatic rings. The molecule has 88 valence electrons. The number of unbranched alkanes of at least 4 members (excludes halogenated alkanes) is 2. The Kier molecular flexibility index (Phi) is 3.81. The zero-order chi connectivity index (χ0) is 12.1. The van der Waals surface area contributed by atoms with Gasteiger partial charge in [0, 0.05) is 5.69 Å². The lowest BCUT2D eigenvalue weighted by molar-refractivity contribution is 0.752. The van der Waals surface area contributed by atoms with Crippen molar-refractivity contribution in [1.82, 2.24) is 0 Å². The summed E-state index contributed by atoms with van der Waals surface area (Å²) >= 11 is 0. The Morgan fingerprint density at radius 1 is 1.06 bits per heavy atom. The van der Waals surface area contributed by atoms with E-state index in [2.05, 4.69) is 36.9 Å². The summed E-state index contributed by atoms with van der Waals surface area (Å²) in [6.07, 6.45) is 6.48. The molecule has 0 radical (unpaired) electrons. The molecule has 17 heavy (non-hydrogen) atoms. The molecule has 0 amide bonds. The van der Waals surface area contributed by atoms with E-state index in [1.54, 1.807) is 0 Å². The molecule has 0 saturated heterocycles. The van der Waals surface area contributed by atoms with Gasteiger partial charge in [0.1, 0.15) is 0 Å². The zero-order valence-corrected chi connectivity index (χ0v) is 10.2. The third kappa shape index (κ3) is 2.68. The van der Waals surface area contributed by atoms with Gasteiger partial charge in [-0.05, 0) is 48.1 Å². The van der Waals surface area contributed by atoms with Gasteiger partial charge in [-0.25, -0.2) is 0 Å². The summed E-state index contributed by atoms with van der Waals surface area (Å²) < 4.78 is 0. The van der Waals surface area contributed by atoms with Crippen molar-refractivity contribution >= 4 is 16.5 Å². The first-order valence-corrected chi connectivity index (χ1v) is 6.20. The van der Waals surface area contributed by atoms with Crippen LogP contribution in [0.2, 0.25) is 0 Å². The van der Waals surface area contributed by atoms with E-state index in [9.17, 15) is 0 Å². The number of fused-ring (bicyclic) bond motifs is 1. The van der Waals surface area contributed by atoms with Gasteiger partial charge in [0.2, 0.25) is 0 Å². The number of benzene rings is 2. The fourth-order valence-corrected chi connectivity index (χ4v) is 2.22. The summed E-state index contributed by atoms with van der Waals surface area (Å²) in [5.41, 5.74) is 8.30. The first-order valence-electron chi connectivity index (χ1n) is 6.20. The van der Waals surface area contributed by atoms with E-state index in [0.717, 1.165) is 18.5 Å². The summed E-state index contributed by atoms with van der Waals surface area (Å²) in [6.45, 7) is 3.75. The van der Waals surface area contributed by atoms with E-state index >= 15 is 0 Å². The van der Waals surface area contributed by atoms with Gasteiger partial charge in [0.25, 0.3) is 0 Å². The average molecular weight is 225 g/mol. The highest BCUT2D eigenvalue weighted by Gasteiger charge is 2.04. The number of hydrogen-bond acceptors (Lipinski definition) is 1. The Labute approximate surface area is 103 Å². The van der Waals surface area contributed by atoms with Crippen molar-refractivity contribution in [3.05, 3.63) is 54.6 Å². The Morgan fingerprint density at radius 2 is 1.88 bits per heavy atom. The number of anilines is 1. The maximum absolute atomic E-state index is 6.08. The minimum atomic E-state index is 0.919. The fraction of sp³-hybridized carbons (Fsp3) is 0.250. The highest BCUT2D eigenvalue weighted by molar-refractivity contribution is 5.89. The van der Waals surface area contributed by atoms with Crippen LogP contribution in [0.4, 0.5) is 5.69 Å². The van der Waals surface area contributed by atoms with Crippen LogP contribution in [0.15, 0.2) is 49.1 Å². The highest BCUT2D eigenvalue weighted by atomic mass is 14.6. The second kappa shape index (κ2) is 5.53. The van der Waals surface area contributed by atoms with Gasteiger partial charge < -0.3 is 5.73 Å². The van der Waals surface area contributed by atoms with Crippen molar-refractivity contribution in [3.63, 3.8) is 0 Å². The predicted molar refractivity (Wildman–Crippen MR) is 76.1 cm³/mol. The molecule has 2 N–H and O–H groups in total. The van der Waals surface area contributed by atoms with Crippen molar-refractivity contribution < 1.29 is 0 Å². The second-order valence-electron chi connectivity index (χ2n) is 4.39. The van der Waals surface area contributed by atoms with Gasteiger partial charge in [0.15, 0.2) is 0 Å². The second-order valence-corrected chi connectivity index (χ2v) is 4.39. The van der Waals surface area contributed by atoms with Crippen molar-refractivity contribution in [2.75, 3.05) is 5.73 Å². The summed E-state index contributed by atoms with van der Waals surface area (Å²) in [4.78, 5) is 0. The molecule has 1 heteroatoms. The summed E-state index contributed by atoms with van der Waals surface area (Å²) in [5.74, 6) is 0. The van der Waals surface area contributed by atoms with E-state index in [1.807, 2.05) is 12.1 Å². The minimum Gasteiger partial charge on any atom is -0.398 e. The summed E-state index contributed by atoms with van der Waals surface area (Å²) in [6, 6.07) is 12.6. The molecule has 0 aliphatic carbocycles. The molecule has 2 rings (SSSR count). The summed E-state index contributed by atoms with van der Waals surface area (Å²) in [7, 11) is 0. The molecule has 0 fully saturated rings. The van der Waals surface area contributed by atoms with Crippen molar-refractivity contribution in [3.8, 4) is 0 Å². The Hall–Kier alpha value is -1.76. The fourth-order valence-electron chi connectivity index (χ4n) is 2.22. The normalized spacial score (nSPS) is 10.6. The van der Waals surface area contributed by atoms with Gasteiger partial charge in [-0.1, -0.05) is 36.4 Å². The van der Waals surface area contributed by atoms with E-state index in [4.69, 9.17) is 5.73 Å². The topological polar surface area (TPSA) is 26.0 Å². The molecular weight excluding hydrogens is 206 g/mol. The van der Waals surface area contributed by atoms with Gasteiger partial charge in [-0.3, -0.25) is 0 Å². The van der Waals surface area contributed by atoms with E-state index in [-0.39, 0.29) is 0 Å². The van der Waals surface area contributed by atoms with Gasteiger partial charge in [-0.2, -0.15) is 0 Å². The number of hydrogen-bond donors (Lipinski definition) is 1. The quantitative estimate of drug-likeness (QED) is 0.457. The van der Waals surface area contributed by atoms with Gasteiger partial charge in [-0.15, -0.1) is 6.58 Å². The Bertz CT molecular complexity index is 514. The van der Waals surface area contributed by atoms with Crippen molar-refractivity contribution in [2.24, 2.45) is 0 Å². The molecule has 0 aromatic heterocycles. The Morgan fingerprint density at radius 3 is 2.71 bits per heavy atom. The first-order chi connectivity index (χ1) is 8.33. The third-order valence-electron chi connectivity index (χ3n) is 3.16. The number of nitrogen functional groups attached to an aromatic ring is 1. The third-order valence-corrected chi connectivity index (χ3v) is 3.16. The molecule has 0 spiro atoms. The lowest BCUT2D eigenvalue weighted by atomic mass is 9.98. The maximum atomic E-state index is 6.08. The summed E-state index contributed by atoms with van der Waals surface area (Å²) in [5, 5.41) is 2.58. The van der Waals surface area contributed by atoms with Crippen LogP contribution in [0.3, 0.4) is 0 Å². The maximum Gasteiger partial charge on any atom is 0.0353 e. The lowest BCUT2D eigenvalue weighted by Crippen LogP contribution is -1.96.